The third-order valence-electron chi connectivity index (χ3n) is 3.30. The lowest BCUT2D eigenvalue weighted by Gasteiger charge is -2.07. The van der Waals surface area contributed by atoms with Gasteiger partial charge in [0.2, 0.25) is 10.0 Å². The molecular weight excluding hydrogens is 350 g/mol. The first kappa shape index (κ1) is 16.7. The third kappa shape index (κ3) is 3.21. The van der Waals surface area contributed by atoms with Crippen molar-refractivity contribution in [1.29, 1.82) is 0 Å². The molecule has 0 aliphatic heterocycles. The predicted octanol–water partition coefficient (Wildman–Crippen LogP) is 3.15. The van der Waals surface area contributed by atoms with Crippen LogP contribution in [0.5, 0.6) is 0 Å². The number of carbonyl (C=O) groups excluding carboxylic acids is 1. The summed E-state index contributed by atoms with van der Waals surface area (Å²) in [5, 5.41) is 0.498. The van der Waals surface area contributed by atoms with E-state index >= 15 is 0 Å². The first-order valence-electron chi connectivity index (χ1n) is 7.23. The third-order valence-corrected chi connectivity index (χ3v) is 6.06. The Labute approximate surface area is 143 Å². The van der Waals surface area contributed by atoms with Crippen LogP contribution in [0.1, 0.15) is 22.4 Å². The van der Waals surface area contributed by atoms with Gasteiger partial charge in [0.15, 0.2) is 0 Å². The van der Waals surface area contributed by atoms with Crippen LogP contribution in [0.2, 0.25) is 0 Å². The summed E-state index contributed by atoms with van der Waals surface area (Å²) in [6, 6.07) is 10.3. The Balaban J connectivity index is 2.05. The Morgan fingerprint density at radius 1 is 1.25 bits per heavy atom. The quantitative estimate of drug-likeness (QED) is 0.678. The van der Waals surface area contributed by atoms with Gasteiger partial charge < -0.3 is 9.15 Å². The highest BCUT2D eigenvalue weighted by Gasteiger charge is 2.29. The molecule has 2 heterocycles. The number of ether oxygens (including phenoxy) is 1. The van der Waals surface area contributed by atoms with Gasteiger partial charge >= 0.3 is 5.97 Å². The number of fused-ring (bicyclic) bond motifs is 1. The molecule has 2 aromatic heterocycles. The number of hydrogen-bond donors (Lipinski definition) is 1. The first-order valence-corrected chi connectivity index (χ1v) is 9.53. The van der Waals surface area contributed by atoms with Crippen molar-refractivity contribution in [2.24, 2.45) is 0 Å². The molecule has 6 nitrogen and oxygen atoms in total. The Hall–Kier alpha value is -2.16. The first-order chi connectivity index (χ1) is 11.5. The second-order valence-electron chi connectivity index (χ2n) is 4.88. The Morgan fingerprint density at radius 2 is 2.04 bits per heavy atom. The Morgan fingerprint density at radius 3 is 2.75 bits per heavy atom. The van der Waals surface area contributed by atoms with Crippen LogP contribution in [-0.4, -0.2) is 21.0 Å². The SMILES string of the molecule is CCOC(=O)c1sc2ccccc2c1S(=O)(=O)NCc1ccco1. The van der Waals surface area contributed by atoms with Crippen molar-refractivity contribution in [3.8, 4) is 0 Å². The van der Waals surface area contributed by atoms with Crippen molar-refractivity contribution >= 4 is 37.4 Å². The molecule has 0 saturated heterocycles. The van der Waals surface area contributed by atoms with E-state index in [0.717, 1.165) is 11.3 Å². The topological polar surface area (TPSA) is 85.6 Å². The second-order valence-corrected chi connectivity index (χ2v) is 7.64. The molecular formula is C16H15NO5S2. The molecule has 24 heavy (non-hydrogen) atoms. The van der Waals surface area contributed by atoms with E-state index in [1.54, 1.807) is 43.3 Å². The highest BCUT2D eigenvalue weighted by molar-refractivity contribution is 7.90. The number of benzene rings is 1. The van der Waals surface area contributed by atoms with Gasteiger partial charge in [0.1, 0.15) is 15.5 Å². The Bertz CT molecular complexity index is 958. The van der Waals surface area contributed by atoms with Crippen LogP contribution in [0.25, 0.3) is 10.1 Å². The highest BCUT2D eigenvalue weighted by Crippen LogP contribution is 2.35. The van der Waals surface area contributed by atoms with Crippen molar-refractivity contribution in [2.75, 3.05) is 6.61 Å². The van der Waals surface area contributed by atoms with Gasteiger partial charge in [-0.25, -0.2) is 17.9 Å². The average molecular weight is 365 g/mol. The summed E-state index contributed by atoms with van der Waals surface area (Å²) in [5.74, 6) is -0.159. The maximum Gasteiger partial charge on any atom is 0.349 e. The van der Waals surface area contributed by atoms with Gasteiger partial charge in [-0.15, -0.1) is 11.3 Å². The number of sulfonamides is 1. The summed E-state index contributed by atoms with van der Waals surface area (Å²) in [6.45, 7) is 1.85. The maximum atomic E-state index is 12.8. The standard InChI is InChI=1S/C16H15NO5S2/c1-2-21-16(18)14-15(12-7-3-4-8-13(12)23-14)24(19,20)17-10-11-6-5-9-22-11/h3-9,17H,2,10H2,1H3. The van der Waals surface area contributed by atoms with Gasteiger partial charge in [-0.2, -0.15) is 0 Å². The second kappa shape index (κ2) is 6.76. The minimum Gasteiger partial charge on any atom is -0.468 e. The fourth-order valence-corrected chi connectivity index (χ4v) is 5.05. The maximum absolute atomic E-state index is 12.8. The summed E-state index contributed by atoms with van der Waals surface area (Å²) < 4.78 is 38.9. The summed E-state index contributed by atoms with van der Waals surface area (Å²) >= 11 is 1.11. The zero-order valence-electron chi connectivity index (χ0n) is 12.8. The minimum atomic E-state index is -3.91. The highest BCUT2D eigenvalue weighted by atomic mass is 32.2. The fraction of sp³-hybridized carbons (Fsp3) is 0.188. The van der Waals surface area contributed by atoms with Crippen LogP contribution >= 0.6 is 11.3 Å². The zero-order valence-corrected chi connectivity index (χ0v) is 14.4. The van der Waals surface area contributed by atoms with Crippen LogP contribution in [0.4, 0.5) is 0 Å². The monoisotopic (exact) mass is 365 g/mol. The van der Waals surface area contributed by atoms with Gasteiger partial charge in [0.05, 0.1) is 19.4 Å². The number of nitrogens with one attached hydrogen (secondary N) is 1. The summed E-state index contributed by atoms with van der Waals surface area (Å²) in [6.07, 6.45) is 1.47. The van der Waals surface area contributed by atoms with Crippen LogP contribution in [-0.2, 0) is 21.3 Å². The number of carbonyl (C=O) groups is 1. The van der Waals surface area contributed by atoms with E-state index in [2.05, 4.69) is 4.72 Å². The van der Waals surface area contributed by atoms with E-state index in [1.807, 2.05) is 0 Å². The molecule has 0 fully saturated rings. The van der Waals surface area contributed by atoms with Crippen LogP contribution in [0, 0.1) is 0 Å². The van der Waals surface area contributed by atoms with Crippen molar-refractivity contribution < 1.29 is 22.4 Å². The number of furan rings is 1. The van der Waals surface area contributed by atoms with Crippen molar-refractivity contribution in [3.63, 3.8) is 0 Å². The molecule has 0 radical (unpaired) electrons. The average Bonchev–Trinajstić information content (AvgIpc) is 3.20. The van der Waals surface area contributed by atoms with Crippen molar-refractivity contribution in [3.05, 3.63) is 53.3 Å². The number of esters is 1. The molecule has 1 N–H and O–H groups in total. The normalized spacial score (nSPS) is 11.7. The van der Waals surface area contributed by atoms with Gasteiger partial charge in [-0.1, -0.05) is 18.2 Å². The lowest BCUT2D eigenvalue weighted by molar-refractivity contribution is 0.0528. The fourth-order valence-electron chi connectivity index (χ4n) is 2.27. The zero-order chi connectivity index (χ0) is 17.2. The van der Waals surface area contributed by atoms with Crippen LogP contribution < -0.4 is 4.72 Å². The number of hydrogen-bond acceptors (Lipinski definition) is 6. The van der Waals surface area contributed by atoms with E-state index in [0.29, 0.717) is 15.8 Å². The van der Waals surface area contributed by atoms with E-state index in [4.69, 9.17) is 9.15 Å². The van der Waals surface area contributed by atoms with Gasteiger partial charge in [0.25, 0.3) is 0 Å². The Kier molecular flexibility index (Phi) is 4.70. The summed E-state index contributed by atoms with van der Waals surface area (Å²) in [5.41, 5.74) is 0. The van der Waals surface area contributed by atoms with Gasteiger partial charge in [0, 0.05) is 10.1 Å². The molecule has 0 aliphatic carbocycles. The van der Waals surface area contributed by atoms with E-state index in [1.165, 1.54) is 6.26 Å². The molecule has 3 aromatic rings. The largest absolute Gasteiger partial charge is 0.468 e. The van der Waals surface area contributed by atoms with Crippen molar-refractivity contribution in [1.82, 2.24) is 4.72 Å². The molecule has 126 valence electrons. The minimum absolute atomic E-state index is 0.00176. The lowest BCUT2D eigenvalue weighted by atomic mass is 10.2. The smallest absolute Gasteiger partial charge is 0.349 e. The van der Waals surface area contributed by atoms with E-state index < -0.39 is 16.0 Å². The van der Waals surface area contributed by atoms with E-state index in [9.17, 15) is 13.2 Å². The molecule has 1 aromatic carbocycles. The molecule has 8 heteroatoms. The summed E-state index contributed by atoms with van der Waals surface area (Å²) in [7, 11) is -3.91. The molecule has 0 atom stereocenters. The predicted molar refractivity (Wildman–Crippen MR) is 90.5 cm³/mol. The number of rotatable bonds is 6. The van der Waals surface area contributed by atoms with Crippen LogP contribution in [0.3, 0.4) is 0 Å². The van der Waals surface area contributed by atoms with Gasteiger partial charge in [-0.05, 0) is 25.1 Å². The van der Waals surface area contributed by atoms with Gasteiger partial charge in [-0.3, -0.25) is 0 Å². The molecule has 0 aliphatic rings. The van der Waals surface area contributed by atoms with Crippen molar-refractivity contribution in [2.45, 2.75) is 18.4 Å². The molecule has 0 unspecified atom stereocenters. The molecule has 0 spiro atoms. The molecule has 0 amide bonds. The summed E-state index contributed by atoms with van der Waals surface area (Å²) in [4.78, 5) is 12.2. The van der Waals surface area contributed by atoms with Crippen LogP contribution in [0.15, 0.2) is 52.0 Å². The molecule has 0 saturated carbocycles. The molecule has 3 rings (SSSR count). The van der Waals surface area contributed by atoms with E-state index in [-0.39, 0.29) is 22.9 Å². The number of thiophene rings is 1. The molecule has 0 bridgehead atoms. The lowest BCUT2D eigenvalue weighted by Crippen LogP contribution is -2.24.